The van der Waals surface area contributed by atoms with Crippen molar-refractivity contribution in [3.8, 4) is 0 Å². The van der Waals surface area contributed by atoms with Crippen molar-refractivity contribution in [2.75, 3.05) is 0 Å². The van der Waals surface area contributed by atoms with Gasteiger partial charge >= 0.3 is 5.97 Å². The van der Waals surface area contributed by atoms with Gasteiger partial charge in [0, 0.05) is 12.0 Å². The highest BCUT2D eigenvalue weighted by Gasteiger charge is 2.44. The number of unbranched alkanes of at least 4 members (excludes halogenated alkanes) is 8. The highest BCUT2D eigenvalue weighted by Crippen LogP contribution is 2.33. The van der Waals surface area contributed by atoms with E-state index in [-0.39, 0.29) is 6.42 Å². The van der Waals surface area contributed by atoms with Crippen LogP contribution in [0.5, 0.6) is 0 Å². The maximum atomic E-state index is 13.9. The Balaban J connectivity index is 1.76. The third kappa shape index (κ3) is 6.89. The van der Waals surface area contributed by atoms with Crippen LogP contribution in [0.4, 0.5) is 22.0 Å². The van der Waals surface area contributed by atoms with E-state index in [2.05, 4.69) is 6.92 Å². The van der Waals surface area contributed by atoms with Gasteiger partial charge in [0.25, 0.3) is 0 Å². The third-order valence-electron chi connectivity index (χ3n) is 5.89. The SMILES string of the molecule is CCCCCCCCCCC[C@H](O)C[C@@H]1OC(=O)[C@H]1Cc1c(F)c(F)c(F)c(F)c1F. The lowest BCUT2D eigenvalue weighted by atomic mass is 9.85. The topological polar surface area (TPSA) is 46.5 Å². The van der Waals surface area contributed by atoms with Crippen LogP contribution in [0.15, 0.2) is 0 Å². The molecular weight excluding hydrogens is 419 g/mol. The van der Waals surface area contributed by atoms with Crippen LogP contribution in [0.3, 0.4) is 0 Å². The van der Waals surface area contributed by atoms with Crippen molar-refractivity contribution in [3.63, 3.8) is 0 Å². The second-order valence-corrected chi connectivity index (χ2v) is 8.34. The molecule has 31 heavy (non-hydrogen) atoms. The molecule has 0 unspecified atom stereocenters. The maximum absolute atomic E-state index is 13.9. The smallest absolute Gasteiger partial charge is 0.313 e. The molecule has 8 heteroatoms. The van der Waals surface area contributed by atoms with Crippen LogP contribution in [0.1, 0.15) is 83.1 Å². The van der Waals surface area contributed by atoms with Crippen LogP contribution < -0.4 is 0 Å². The molecule has 3 nitrogen and oxygen atoms in total. The van der Waals surface area contributed by atoms with Crippen LogP contribution >= 0.6 is 0 Å². The number of ether oxygens (including phenoxy) is 1. The molecule has 3 atom stereocenters. The van der Waals surface area contributed by atoms with Crippen molar-refractivity contribution >= 4 is 5.97 Å². The molecule has 1 aromatic rings. The summed E-state index contributed by atoms with van der Waals surface area (Å²) in [6.07, 6.45) is 8.56. The van der Waals surface area contributed by atoms with Gasteiger partial charge < -0.3 is 9.84 Å². The molecular formula is C23H31F5O3. The Hall–Kier alpha value is -1.70. The summed E-state index contributed by atoms with van der Waals surface area (Å²) in [5.41, 5.74) is -1.03. The summed E-state index contributed by atoms with van der Waals surface area (Å²) in [7, 11) is 0. The number of carbonyl (C=O) groups excluding carboxylic acids is 1. The van der Waals surface area contributed by atoms with E-state index in [0.29, 0.717) is 6.42 Å². The molecule has 0 amide bonds. The Labute approximate surface area is 180 Å². The first-order valence-corrected chi connectivity index (χ1v) is 11.2. The predicted molar refractivity (Wildman–Crippen MR) is 106 cm³/mol. The van der Waals surface area contributed by atoms with Crippen molar-refractivity contribution in [1.82, 2.24) is 0 Å². The molecule has 1 N–H and O–H groups in total. The highest BCUT2D eigenvalue weighted by atomic mass is 19.2. The van der Waals surface area contributed by atoms with Crippen molar-refractivity contribution in [2.24, 2.45) is 5.92 Å². The first-order chi connectivity index (χ1) is 14.8. The lowest BCUT2D eigenvalue weighted by Crippen LogP contribution is -2.48. The zero-order valence-electron chi connectivity index (χ0n) is 17.9. The summed E-state index contributed by atoms with van der Waals surface area (Å²) in [6, 6.07) is 0. The molecule has 1 aromatic carbocycles. The molecule has 0 spiro atoms. The number of hydrogen-bond donors (Lipinski definition) is 1. The molecule has 0 aromatic heterocycles. The molecule has 1 aliphatic rings. The fraction of sp³-hybridized carbons (Fsp3) is 0.696. The van der Waals surface area contributed by atoms with E-state index in [1.165, 1.54) is 32.1 Å². The van der Waals surface area contributed by atoms with Crippen LogP contribution in [-0.2, 0) is 16.0 Å². The van der Waals surface area contributed by atoms with Gasteiger partial charge in [0.1, 0.15) is 6.10 Å². The second-order valence-electron chi connectivity index (χ2n) is 8.34. The minimum Gasteiger partial charge on any atom is -0.461 e. The number of aliphatic hydroxyl groups excluding tert-OH is 1. The molecule has 0 radical (unpaired) electrons. The highest BCUT2D eigenvalue weighted by molar-refractivity contribution is 5.79. The van der Waals surface area contributed by atoms with Crippen molar-refractivity contribution in [2.45, 2.75) is 96.2 Å². The number of esters is 1. The molecule has 0 saturated carbocycles. The predicted octanol–water partition coefficient (Wildman–Crippen LogP) is 6.14. The Bertz CT molecular complexity index is 711. The number of carbonyl (C=O) groups is 1. The molecule has 2 rings (SSSR count). The van der Waals surface area contributed by atoms with Crippen LogP contribution in [-0.4, -0.2) is 23.3 Å². The fourth-order valence-corrected chi connectivity index (χ4v) is 3.95. The van der Waals surface area contributed by atoms with Gasteiger partial charge in [-0.2, -0.15) is 0 Å². The minimum absolute atomic E-state index is 0.0722. The standard InChI is InChI=1S/C23H31F5O3/c1-2-3-4-5-6-7-8-9-10-11-14(29)12-17-15(23(30)31-17)13-16-18(24)20(26)22(28)21(27)19(16)25/h14-15,17,29H,2-13H2,1H3/t14-,15-,17-/m0/s1. The van der Waals surface area contributed by atoms with Gasteiger partial charge in [0.2, 0.25) is 5.82 Å². The average molecular weight is 450 g/mol. The molecule has 1 aliphatic heterocycles. The monoisotopic (exact) mass is 450 g/mol. The normalized spacial score (nSPS) is 19.3. The van der Waals surface area contributed by atoms with Gasteiger partial charge in [-0.25, -0.2) is 22.0 Å². The van der Waals surface area contributed by atoms with Gasteiger partial charge in [-0.3, -0.25) is 4.79 Å². The van der Waals surface area contributed by atoms with Crippen LogP contribution in [0.2, 0.25) is 0 Å². The van der Waals surface area contributed by atoms with Gasteiger partial charge in [-0.1, -0.05) is 64.7 Å². The summed E-state index contributed by atoms with van der Waals surface area (Å²) < 4.78 is 72.6. The second kappa shape index (κ2) is 12.4. The van der Waals surface area contributed by atoms with E-state index < -0.39 is 65.2 Å². The third-order valence-corrected chi connectivity index (χ3v) is 5.89. The van der Waals surface area contributed by atoms with Crippen molar-refractivity contribution in [3.05, 3.63) is 34.6 Å². The van der Waals surface area contributed by atoms with Gasteiger partial charge in [-0.05, 0) is 12.8 Å². The van der Waals surface area contributed by atoms with Gasteiger partial charge in [-0.15, -0.1) is 0 Å². The van der Waals surface area contributed by atoms with E-state index in [1.807, 2.05) is 0 Å². The first-order valence-electron chi connectivity index (χ1n) is 11.2. The first kappa shape index (κ1) is 25.6. The Morgan fingerprint density at radius 3 is 1.81 bits per heavy atom. The van der Waals surface area contributed by atoms with Crippen LogP contribution in [0.25, 0.3) is 0 Å². The van der Waals surface area contributed by atoms with E-state index in [4.69, 9.17) is 4.74 Å². The largest absolute Gasteiger partial charge is 0.461 e. The fourth-order valence-electron chi connectivity index (χ4n) is 3.95. The zero-order valence-corrected chi connectivity index (χ0v) is 17.9. The average Bonchev–Trinajstić information content (AvgIpc) is 2.74. The van der Waals surface area contributed by atoms with E-state index >= 15 is 0 Å². The summed E-state index contributed by atoms with van der Waals surface area (Å²) >= 11 is 0. The lowest BCUT2D eigenvalue weighted by molar-refractivity contribution is -0.187. The summed E-state index contributed by atoms with van der Waals surface area (Å²) in [5.74, 6) is -12.0. The lowest BCUT2D eigenvalue weighted by Gasteiger charge is -2.36. The number of aliphatic hydroxyl groups is 1. The van der Waals surface area contributed by atoms with Crippen LogP contribution in [0, 0.1) is 35.0 Å². The van der Waals surface area contributed by atoms with Gasteiger partial charge in [0.05, 0.1) is 12.0 Å². The minimum atomic E-state index is -2.23. The Kier molecular flexibility index (Phi) is 10.2. The number of hydrogen-bond acceptors (Lipinski definition) is 3. The molecule has 0 aliphatic carbocycles. The molecule has 1 saturated heterocycles. The molecule has 1 fully saturated rings. The van der Waals surface area contributed by atoms with Crippen molar-refractivity contribution < 1.29 is 36.6 Å². The molecule has 0 bridgehead atoms. The summed E-state index contributed by atoms with van der Waals surface area (Å²) in [4.78, 5) is 11.7. The van der Waals surface area contributed by atoms with Gasteiger partial charge in [0.15, 0.2) is 23.3 Å². The molecule has 176 valence electrons. The van der Waals surface area contributed by atoms with E-state index in [1.54, 1.807) is 0 Å². The van der Waals surface area contributed by atoms with E-state index in [9.17, 15) is 31.9 Å². The Morgan fingerprint density at radius 2 is 1.29 bits per heavy atom. The maximum Gasteiger partial charge on any atom is 0.313 e. The number of benzene rings is 1. The number of halogens is 5. The zero-order chi connectivity index (χ0) is 23.0. The van der Waals surface area contributed by atoms with Crippen molar-refractivity contribution in [1.29, 1.82) is 0 Å². The summed E-state index contributed by atoms with van der Waals surface area (Å²) in [6.45, 7) is 2.18. The number of cyclic esters (lactones) is 1. The quantitative estimate of drug-likeness (QED) is 0.122. The van der Waals surface area contributed by atoms with E-state index in [0.717, 1.165) is 25.7 Å². The molecule has 1 heterocycles. The number of rotatable bonds is 14. The Morgan fingerprint density at radius 1 is 0.806 bits per heavy atom. The summed E-state index contributed by atoms with van der Waals surface area (Å²) in [5, 5.41) is 10.2.